The van der Waals surface area contributed by atoms with E-state index in [0.717, 1.165) is 0 Å². The minimum Gasteiger partial charge on any atom is -0.508 e. The van der Waals surface area contributed by atoms with Crippen LogP contribution in [-0.2, 0) is 4.84 Å². The average molecular weight is 396 g/mol. The number of hydrogen-bond donors (Lipinski definition) is 2. The number of carbonyl (C=O) groups is 2. The number of phenolic OH excluding ortho intramolecular Hbond substituents is 1. The maximum absolute atomic E-state index is 11.9. The van der Waals surface area contributed by atoms with E-state index in [9.17, 15) is 14.7 Å². The summed E-state index contributed by atoms with van der Waals surface area (Å²) in [7, 11) is 0. The monoisotopic (exact) mass is 395 g/mol. The molecule has 0 aliphatic rings. The summed E-state index contributed by atoms with van der Waals surface area (Å²) in [6, 6.07) is 18.5. The van der Waals surface area contributed by atoms with Gasteiger partial charge >= 0.3 is 5.97 Å². The molecule has 0 saturated carbocycles. The van der Waals surface area contributed by atoms with Crippen LogP contribution in [0.3, 0.4) is 0 Å². The highest BCUT2D eigenvalue weighted by Crippen LogP contribution is 2.18. The van der Waals surface area contributed by atoms with Crippen LogP contribution in [0.1, 0.15) is 20.7 Å². The summed E-state index contributed by atoms with van der Waals surface area (Å²) in [4.78, 5) is 28.8. The van der Waals surface area contributed by atoms with E-state index in [1.807, 2.05) is 0 Å². The van der Waals surface area contributed by atoms with Crippen molar-refractivity contribution in [3.63, 3.8) is 0 Å². The molecule has 0 bridgehead atoms. The fraction of sp³-hybridized carbons (Fsp3) is 0. The number of nitrogens with one attached hydrogen (secondary N) is 1. The molecule has 3 aromatic rings. The first kappa shape index (κ1) is 19.1. The highest BCUT2D eigenvalue weighted by atomic mass is 35.5. The largest absolute Gasteiger partial charge is 0.508 e. The van der Waals surface area contributed by atoms with Crippen molar-refractivity contribution in [2.45, 2.75) is 0 Å². The van der Waals surface area contributed by atoms with Crippen molar-refractivity contribution in [3.05, 3.63) is 88.9 Å². The van der Waals surface area contributed by atoms with Gasteiger partial charge in [0.05, 0.1) is 16.9 Å². The van der Waals surface area contributed by atoms with E-state index in [1.54, 1.807) is 42.5 Å². The zero-order valence-electron chi connectivity index (χ0n) is 14.4. The molecular weight excluding hydrogens is 382 g/mol. The van der Waals surface area contributed by atoms with Crippen molar-refractivity contribution < 1.29 is 19.5 Å². The second-order valence-corrected chi connectivity index (χ2v) is 6.04. The standard InChI is InChI=1S/C20H14ClN3O4/c21-15-3-1-2-14(12-15)20(27)28-24-17-8-6-16(7-9-17)22-23-19(26)13-4-10-18(25)11-5-13/h1-12,24-25H. The van der Waals surface area contributed by atoms with Crippen LogP contribution in [-0.4, -0.2) is 17.0 Å². The van der Waals surface area contributed by atoms with E-state index in [2.05, 4.69) is 15.7 Å². The molecule has 0 aromatic heterocycles. The molecule has 1 amide bonds. The first-order chi connectivity index (χ1) is 13.5. The fourth-order valence-corrected chi connectivity index (χ4v) is 2.33. The van der Waals surface area contributed by atoms with Gasteiger partial charge in [-0.2, -0.15) is 0 Å². The Hall–Kier alpha value is -3.71. The van der Waals surface area contributed by atoms with Gasteiger partial charge in [-0.3, -0.25) is 4.79 Å². The number of hydrogen-bond acceptors (Lipinski definition) is 6. The normalized spacial score (nSPS) is 10.6. The number of benzene rings is 3. The average Bonchev–Trinajstić information content (AvgIpc) is 2.71. The zero-order chi connectivity index (χ0) is 19.9. The molecule has 0 aliphatic heterocycles. The van der Waals surface area contributed by atoms with Crippen LogP contribution in [0, 0.1) is 0 Å². The lowest BCUT2D eigenvalue weighted by molar-refractivity contribution is 0.0596. The van der Waals surface area contributed by atoms with Crippen LogP contribution in [0.25, 0.3) is 0 Å². The lowest BCUT2D eigenvalue weighted by atomic mass is 10.2. The van der Waals surface area contributed by atoms with Gasteiger partial charge in [-0.15, -0.1) is 10.2 Å². The number of carbonyl (C=O) groups excluding carboxylic acids is 2. The molecule has 0 unspecified atom stereocenters. The molecule has 8 heteroatoms. The zero-order valence-corrected chi connectivity index (χ0v) is 15.1. The predicted molar refractivity (Wildman–Crippen MR) is 104 cm³/mol. The maximum Gasteiger partial charge on any atom is 0.362 e. The lowest BCUT2D eigenvalue weighted by Crippen LogP contribution is -2.10. The third-order valence-corrected chi connectivity index (χ3v) is 3.79. The first-order valence-corrected chi connectivity index (χ1v) is 8.47. The number of phenols is 1. The summed E-state index contributed by atoms with van der Waals surface area (Å²) in [6.45, 7) is 0. The third-order valence-electron chi connectivity index (χ3n) is 3.56. The summed E-state index contributed by atoms with van der Waals surface area (Å²) < 4.78 is 0. The quantitative estimate of drug-likeness (QED) is 0.459. The number of halogens is 1. The number of anilines is 1. The van der Waals surface area contributed by atoms with Gasteiger partial charge in [-0.05, 0) is 66.7 Å². The van der Waals surface area contributed by atoms with Crippen molar-refractivity contribution in [1.29, 1.82) is 0 Å². The van der Waals surface area contributed by atoms with E-state index in [-0.39, 0.29) is 5.75 Å². The van der Waals surface area contributed by atoms with Crippen molar-refractivity contribution in [2.24, 2.45) is 10.2 Å². The first-order valence-electron chi connectivity index (χ1n) is 8.09. The SMILES string of the molecule is O=C(N=Nc1ccc(NOC(=O)c2cccc(Cl)c2)cc1)c1ccc(O)cc1. The Morgan fingerprint density at radius 1 is 0.929 bits per heavy atom. The molecule has 0 spiro atoms. The summed E-state index contributed by atoms with van der Waals surface area (Å²) in [5.41, 5.74) is 4.12. The van der Waals surface area contributed by atoms with Crippen molar-refractivity contribution >= 4 is 34.9 Å². The minimum absolute atomic E-state index is 0.0626. The van der Waals surface area contributed by atoms with Crippen LogP contribution < -0.4 is 5.48 Å². The molecular formula is C20H14ClN3O4. The Balaban J connectivity index is 1.56. The Bertz CT molecular complexity index is 1020. The second kappa shape index (κ2) is 8.79. The van der Waals surface area contributed by atoms with Gasteiger partial charge < -0.3 is 9.94 Å². The molecule has 3 rings (SSSR count). The molecule has 0 aliphatic carbocycles. The number of aromatic hydroxyl groups is 1. The van der Waals surface area contributed by atoms with Crippen LogP contribution in [0.5, 0.6) is 5.75 Å². The minimum atomic E-state index is -0.578. The molecule has 2 N–H and O–H groups in total. The van der Waals surface area contributed by atoms with Crippen LogP contribution in [0.15, 0.2) is 83.0 Å². The van der Waals surface area contributed by atoms with Gasteiger partial charge in [-0.25, -0.2) is 10.3 Å². The van der Waals surface area contributed by atoms with Crippen LogP contribution in [0.2, 0.25) is 5.02 Å². The van der Waals surface area contributed by atoms with Gasteiger partial charge in [-0.1, -0.05) is 17.7 Å². The Morgan fingerprint density at radius 3 is 2.32 bits per heavy atom. The Labute approximate surface area is 165 Å². The highest BCUT2D eigenvalue weighted by molar-refractivity contribution is 6.30. The molecule has 0 fully saturated rings. The van der Waals surface area contributed by atoms with Gasteiger partial charge in [0.2, 0.25) is 0 Å². The maximum atomic E-state index is 11.9. The fourth-order valence-electron chi connectivity index (χ4n) is 2.14. The Kier molecular flexibility index (Phi) is 5.98. The molecule has 0 saturated heterocycles. The Morgan fingerprint density at radius 2 is 1.64 bits per heavy atom. The summed E-state index contributed by atoms with van der Waals surface area (Å²) in [6.07, 6.45) is 0. The van der Waals surface area contributed by atoms with Gasteiger partial charge in [0, 0.05) is 10.6 Å². The molecule has 0 radical (unpaired) electrons. The molecule has 7 nitrogen and oxygen atoms in total. The van der Waals surface area contributed by atoms with Crippen molar-refractivity contribution in [3.8, 4) is 5.75 Å². The van der Waals surface area contributed by atoms with Crippen molar-refractivity contribution in [1.82, 2.24) is 0 Å². The van der Waals surface area contributed by atoms with E-state index >= 15 is 0 Å². The smallest absolute Gasteiger partial charge is 0.362 e. The second-order valence-electron chi connectivity index (χ2n) is 5.60. The van der Waals surface area contributed by atoms with E-state index in [1.165, 1.54) is 30.3 Å². The van der Waals surface area contributed by atoms with Crippen LogP contribution in [0.4, 0.5) is 11.4 Å². The number of rotatable bonds is 5. The number of nitrogens with zero attached hydrogens (tertiary/aromatic N) is 2. The van der Waals surface area contributed by atoms with Gasteiger partial charge in [0.1, 0.15) is 5.75 Å². The van der Waals surface area contributed by atoms with Gasteiger partial charge in [0.15, 0.2) is 0 Å². The third kappa shape index (κ3) is 5.15. The van der Waals surface area contributed by atoms with E-state index in [4.69, 9.17) is 16.4 Å². The predicted octanol–water partition coefficient (Wildman–Crippen LogP) is 5.15. The molecule has 0 atom stereocenters. The molecule has 28 heavy (non-hydrogen) atoms. The summed E-state index contributed by atoms with van der Waals surface area (Å²) in [5.74, 6) is -1.05. The molecule has 140 valence electrons. The molecule has 3 aromatic carbocycles. The van der Waals surface area contributed by atoms with E-state index in [0.29, 0.717) is 27.5 Å². The highest BCUT2D eigenvalue weighted by Gasteiger charge is 2.08. The summed E-state index contributed by atoms with van der Waals surface area (Å²) in [5, 5.41) is 17.1. The number of azo groups is 1. The summed E-state index contributed by atoms with van der Waals surface area (Å²) >= 11 is 5.84. The van der Waals surface area contributed by atoms with E-state index < -0.39 is 11.9 Å². The van der Waals surface area contributed by atoms with Crippen LogP contribution >= 0.6 is 11.6 Å². The topological polar surface area (TPSA) is 100 Å². The number of amides is 1. The lowest BCUT2D eigenvalue weighted by Gasteiger charge is -2.07. The molecule has 0 heterocycles. The van der Waals surface area contributed by atoms with Gasteiger partial charge in [0.25, 0.3) is 5.91 Å². The van der Waals surface area contributed by atoms with Crippen molar-refractivity contribution in [2.75, 3.05) is 5.48 Å².